The van der Waals surface area contributed by atoms with Gasteiger partial charge in [0, 0.05) is 18.8 Å². The van der Waals surface area contributed by atoms with Crippen molar-refractivity contribution in [2.75, 3.05) is 0 Å². The fourth-order valence-corrected chi connectivity index (χ4v) is 2.04. The summed E-state index contributed by atoms with van der Waals surface area (Å²) in [6.07, 6.45) is 4.85. The lowest BCUT2D eigenvalue weighted by atomic mass is 10.1. The van der Waals surface area contributed by atoms with E-state index in [1.54, 1.807) is 12.1 Å². The van der Waals surface area contributed by atoms with Crippen LogP contribution < -0.4 is 0 Å². The molecule has 0 radical (unpaired) electrons. The van der Waals surface area contributed by atoms with Crippen molar-refractivity contribution in [3.63, 3.8) is 0 Å². The molecule has 0 saturated carbocycles. The van der Waals surface area contributed by atoms with Crippen molar-refractivity contribution in [2.45, 2.75) is 13.3 Å². The van der Waals surface area contributed by atoms with Crippen LogP contribution in [0.15, 0.2) is 48.8 Å². The minimum atomic E-state index is 0.296. The average molecular weight is 238 g/mol. The van der Waals surface area contributed by atoms with Gasteiger partial charge in [0.1, 0.15) is 11.4 Å². The van der Waals surface area contributed by atoms with Crippen LogP contribution in [0, 0.1) is 6.92 Å². The quantitative estimate of drug-likeness (QED) is 0.745. The van der Waals surface area contributed by atoms with Crippen LogP contribution in [0.4, 0.5) is 0 Å². The van der Waals surface area contributed by atoms with Crippen molar-refractivity contribution in [2.24, 2.45) is 0 Å². The Morgan fingerprint density at radius 1 is 1.17 bits per heavy atom. The van der Waals surface area contributed by atoms with E-state index in [1.165, 1.54) is 5.56 Å². The van der Waals surface area contributed by atoms with Gasteiger partial charge in [-0.25, -0.2) is 4.98 Å². The summed E-state index contributed by atoms with van der Waals surface area (Å²) in [4.78, 5) is 4.59. The number of aryl methyl sites for hydroxylation is 1. The van der Waals surface area contributed by atoms with Gasteiger partial charge in [0.15, 0.2) is 0 Å². The van der Waals surface area contributed by atoms with E-state index in [0.717, 1.165) is 23.3 Å². The Bertz CT molecular complexity index is 683. The molecule has 3 heteroatoms. The molecule has 0 aliphatic rings. The number of hydrogen-bond acceptors (Lipinski definition) is 2. The molecule has 0 aliphatic carbocycles. The molecule has 0 spiro atoms. The van der Waals surface area contributed by atoms with Gasteiger partial charge in [-0.3, -0.25) is 0 Å². The van der Waals surface area contributed by atoms with Crippen molar-refractivity contribution < 1.29 is 5.11 Å². The summed E-state index contributed by atoms with van der Waals surface area (Å²) in [5.74, 6) is 0.296. The van der Waals surface area contributed by atoms with Gasteiger partial charge in [0.05, 0.1) is 5.69 Å². The van der Waals surface area contributed by atoms with E-state index in [2.05, 4.69) is 24.0 Å². The molecule has 18 heavy (non-hydrogen) atoms. The molecular weight excluding hydrogens is 224 g/mol. The van der Waals surface area contributed by atoms with E-state index >= 15 is 0 Å². The standard InChI is InChI=1S/C15H14N2O/c1-11-6-7-17-10-13(16-15(17)8-11)9-12-2-4-14(18)5-3-12/h2-8,10,18H,9H2,1H3. The summed E-state index contributed by atoms with van der Waals surface area (Å²) in [6, 6.07) is 11.4. The van der Waals surface area contributed by atoms with Crippen molar-refractivity contribution in [3.8, 4) is 5.75 Å². The Kier molecular flexibility index (Phi) is 2.52. The molecule has 0 atom stereocenters. The predicted octanol–water partition coefficient (Wildman–Crippen LogP) is 2.94. The lowest BCUT2D eigenvalue weighted by Gasteiger charge is -1.97. The number of rotatable bonds is 2. The van der Waals surface area contributed by atoms with Crippen LogP contribution in [0.1, 0.15) is 16.8 Å². The van der Waals surface area contributed by atoms with E-state index in [1.807, 2.05) is 28.9 Å². The second-order valence-electron chi connectivity index (χ2n) is 4.55. The summed E-state index contributed by atoms with van der Waals surface area (Å²) in [5.41, 5.74) is 4.37. The fourth-order valence-electron chi connectivity index (χ4n) is 2.04. The largest absolute Gasteiger partial charge is 0.508 e. The van der Waals surface area contributed by atoms with Crippen LogP contribution in [0.5, 0.6) is 5.75 Å². The van der Waals surface area contributed by atoms with Gasteiger partial charge >= 0.3 is 0 Å². The summed E-state index contributed by atoms with van der Waals surface area (Å²) in [7, 11) is 0. The van der Waals surface area contributed by atoms with Gasteiger partial charge in [-0.2, -0.15) is 0 Å². The first kappa shape index (κ1) is 10.8. The molecular formula is C15H14N2O. The number of nitrogens with zero attached hydrogens (tertiary/aromatic N) is 2. The highest BCUT2D eigenvalue weighted by atomic mass is 16.3. The van der Waals surface area contributed by atoms with Crippen molar-refractivity contribution in [1.82, 2.24) is 9.38 Å². The van der Waals surface area contributed by atoms with Crippen LogP contribution in [-0.2, 0) is 6.42 Å². The normalized spacial score (nSPS) is 10.9. The molecule has 3 aromatic rings. The molecule has 0 saturated heterocycles. The van der Waals surface area contributed by atoms with Crippen LogP contribution in [0.3, 0.4) is 0 Å². The second-order valence-corrected chi connectivity index (χ2v) is 4.55. The molecule has 0 unspecified atom stereocenters. The Hall–Kier alpha value is -2.29. The Morgan fingerprint density at radius 3 is 2.72 bits per heavy atom. The topological polar surface area (TPSA) is 37.5 Å². The Labute approximate surface area is 105 Å². The van der Waals surface area contributed by atoms with Crippen molar-refractivity contribution in [1.29, 1.82) is 0 Å². The smallest absolute Gasteiger partial charge is 0.137 e. The number of aromatic hydroxyl groups is 1. The van der Waals surface area contributed by atoms with Crippen molar-refractivity contribution >= 4 is 5.65 Å². The second kappa shape index (κ2) is 4.18. The van der Waals surface area contributed by atoms with E-state index in [9.17, 15) is 5.11 Å². The van der Waals surface area contributed by atoms with E-state index < -0.39 is 0 Å². The molecule has 3 rings (SSSR count). The fraction of sp³-hybridized carbons (Fsp3) is 0.133. The third-order valence-electron chi connectivity index (χ3n) is 2.99. The lowest BCUT2D eigenvalue weighted by Crippen LogP contribution is -1.87. The number of hydrogen-bond donors (Lipinski definition) is 1. The highest BCUT2D eigenvalue weighted by Gasteiger charge is 2.03. The molecule has 1 aromatic carbocycles. The zero-order chi connectivity index (χ0) is 12.5. The molecule has 0 fully saturated rings. The minimum Gasteiger partial charge on any atom is -0.508 e. The van der Waals surface area contributed by atoms with Gasteiger partial charge in [0.2, 0.25) is 0 Å². The zero-order valence-electron chi connectivity index (χ0n) is 10.2. The highest BCUT2D eigenvalue weighted by Crippen LogP contribution is 2.14. The summed E-state index contributed by atoms with van der Waals surface area (Å²) >= 11 is 0. The number of phenolic OH excluding ortho intramolecular Hbond substituents is 1. The monoisotopic (exact) mass is 238 g/mol. The number of pyridine rings is 1. The molecule has 2 heterocycles. The van der Waals surface area contributed by atoms with Gasteiger partial charge in [-0.15, -0.1) is 0 Å². The predicted molar refractivity (Wildman–Crippen MR) is 70.8 cm³/mol. The molecule has 0 aliphatic heterocycles. The van der Waals surface area contributed by atoms with Gasteiger partial charge in [0.25, 0.3) is 0 Å². The van der Waals surface area contributed by atoms with Gasteiger partial charge in [-0.05, 0) is 42.3 Å². The molecule has 0 amide bonds. The zero-order valence-corrected chi connectivity index (χ0v) is 10.2. The van der Waals surface area contributed by atoms with Crippen LogP contribution in [-0.4, -0.2) is 14.5 Å². The molecule has 3 nitrogen and oxygen atoms in total. The summed E-state index contributed by atoms with van der Waals surface area (Å²) < 4.78 is 2.03. The summed E-state index contributed by atoms with van der Waals surface area (Å²) in [6.45, 7) is 2.06. The summed E-state index contributed by atoms with van der Waals surface area (Å²) in [5, 5.41) is 9.25. The SMILES string of the molecule is Cc1ccn2cc(Cc3ccc(O)cc3)nc2c1. The maximum atomic E-state index is 9.25. The van der Waals surface area contributed by atoms with Gasteiger partial charge in [-0.1, -0.05) is 12.1 Å². The lowest BCUT2D eigenvalue weighted by molar-refractivity contribution is 0.475. The van der Waals surface area contributed by atoms with Crippen LogP contribution in [0.25, 0.3) is 5.65 Å². The number of phenols is 1. The first-order valence-corrected chi connectivity index (χ1v) is 5.93. The van der Waals surface area contributed by atoms with E-state index in [4.69, 9.17) is 0 Å². The average Bonchev–Trinajstić information content (AvgIpc) is 2.73. The third kappa shape index (κ3) is 2.07. The Morgan fingerprint density at radius 2 is 1.94 bits per heavy atom. The van der Waals surface area contributed by atoms with Crippen LogP contribution in [0.2, 0.25) is 0 Å². The maximum Gasteiger partial charge on any atom is 0.137 e. The molecule has 0 bridgehead atoms. The van der Waals surface area contributed by atoms with E-state index in [-0.39, 0.29) is 0 Å². The number of imidazole rings is 1. The molecule has 1 N–H and O–H groups in total. The first-order chi connectivity index (χ1) is 8.70. The molecule has 90 valence electrons. The Balaban J connectivity index is 1.92. The third-order valence-corrected chi connectivity index (χ3v) is 2.99. The highest BCUT2D eigenvalue weighted by molar-refractivity contribution is 5.43. The maximum absolute atomic E-state index is 9.25. The van der Waals surface area contributed by atoms with Gasteiger partial charge < -0.3 is 9.51 Å². The molecule has 2 aromatic heterocycles. The number of aromatic nitrogens is 2. The van der Waals surface area contributed by atoms with E-state index in [0.29, 0.717) is 5.75 Å². The minimum absolute atomic E-state index is 0.296. The first-order valence-electron chi connectivity index (χ1n) is 5.93. The van der Waals surface area contributed by atoms with Crippen molar-refractivity contribution in [3.05, 3.63) is 65.6 Å². The number of benzene rings is 1. The number of fused-ring (bicyclic) bond motifs is 1. The van der Waals surface area contributed by atoms with Crippen LogP contribution >= 0.6 is 0 Å².